The van der Waals surface area contributed by atoms with Crippen molar-refractivity contribution in [3.63, 3.8) is 0 Å². The van der Waals surface area contributed by atoms with Crippen molar-refractivity contribution < 1.29 is 19.2 Å². The highest BCUT2D eigenvalue weighted by molar-refractivity contribution is 7.14. The van der Waals surface area contributed by atoms with Gasteiger partial charge in [-0.2, -0.15) is 5.10 Å². The van der Waals surface area contributed by atoms with Gasteiger partial charge in [-0.1, -0.05) is 6.42 Å². The number of hydrogen-bond donors (Lipinski definition) is 1. The van der Waals surface area contributed by atoms with Crippen molar-refractivity contribution >= 4 is 29.1 Å². The number of hydrazone groups is 1. The minimum atomic E-state index is -0.540. The third-order valence-electron chi connectivity index (χ3n) is 4.57. The molecule has 1 aromatic heterocycles. The van der Waals surface area contributed by atoms with Crippen LogP contribution in [0.15, 0.2) is 23.3 Å². The van der Waals surface area contributed by atoms with Gasteiger partial charge in [0.25, 0.3) is 11.6 Å². The van der Waals surface area contributed by atoms with E-state index in [2.05, 4.69) is 10.5 Å². The number of hydrogen-bond acceptors (Lipinski definition) is 7. The minimum absolute atomic E-state index is 0.196. The molecular formula is C19H21N3O5S. The first kappa shape index (κ1) is 19.8. The average Bonchev–Trinajstić information content (AvgIpc) is 2.97. The number of ether oxygens (including phenoxy) is 2. The Hall–Kier alpha value is -2.94. The molecule has 8 nitrogen and oxygen atoms in total. The van der Waals surface area contributed by atoms with Gasteiger partial charge >= 0.3 is 0 Å². The molecule has 2 aromatic rings. The fraction of sp³-hybridized carbons (Fsp3) is 0.368. The number of nitro groups is 1. The van der Waals surface area contributed by atoms with Crippen LogP contribution < -0.4 is 14.9 Å². The highest BCUT2D eigenvalue weighted by atomic mass is 32.1. The van der Waals surface area contributed by atoms with E-state index in [-0.39, 0.29) is 22.9 Å². The summed E-state index contributed by atoms with van der Waals surface area (Å²) in [6.45, 7) is 0. The normalized spacial score (nSPS) is 13.6. The third kappa shape index (κ3) is 4.30. The van der Waals surface area contributed by atoms with Gasteiger partial charge in [0.2, 0.25) is 0 Å². The molecule has 0 saturated carbocycles. The summed E-state index contributed by atoms with van der Waals surface area (Å²) in [7, 11) is 2.84. The first-order chi connectivity index (χ1) is 13.5. The van der Waals surface area contributed by atoms with Crippen molar-refractivity contribution in [3.05, 3.63) is 49.2 Å². The average molecular weight is 403 g/mol. The maximum absolute atomic E-state index is 12.4. The SMILES string of the molecule is COc1cc(/C=N\NC(=O)c2cc3c(s2)CCCCC3)c([N+](=O)[O-])cc1OC. The van der Waals surface area contributed by atoms with Gasteiger partial charge in [-0.05, 0) is 43.4 Å². The summed E-state index contributed by atoms with van der Waals surface area (Å²) in [5.41, 5.74) is 3.70. The minimum Gasteiger partial charge on any atom is -0.493 e. The Labute approximate surface area is 166 Å². The molecule has 9 heteroatoms. The molecule has 148 valence electrons. The predicted octanol–water partition coefficient (Wildman–Crippen LogP) is 3.71. The number of fused-ring (bicyclic) bond motifs is 1. The molecule has 28 heavy (non-hydrogen) atoms. The van der Waals surface area contributed by atoms with E-state index in [1.807, 2.05) is 6.07 Å². The second-order valence-electron chi connectivity index (χ2n) is 6.34. The van der Waals surface area contributed by atoms with Gasteiger partial charge in [0.05, 0.1) is 41.9 Å². The second kappa shape index (κ2) is 8.83. The number of carbonyl (C=O) groups excluding carboxylic acids is 1. The number of amides is 1. The third-order valence-corrected chi connectivity index (χ3v) is 5.81. The smallest absolute Gasteiger partial charge is 0.282 e. The number of methoxy groups -OCH3 is 2. The highest BCUT2D eigenvalue weighted by Crippen LogP contribution is 2.33. The molecule has 1 aliphatic carbocycles. The van der Waals surface area contributed by atoms with Gasteiger partial charge in [0.15, 0.2) is 11.5 Å². The van der Waals surface area contributed by atoms with E-state index in [0.717, 1.165) is 25.7 Å². The summed E-state index contributed by atoms with van der Waals surface area (Å²) in [5.74, 6) is 0.260. The Kier molecular flexibility index (Phi) is 6.25. The number of nitrogens with one attached hydrogen (secondary N) is 1. The fourth-order valence-electron chi connectivity index (χ4n) is 3.14. The molecule has 1 aliphatic rings. The molecule has 1 N–H and O–H groups in total. The molecule has 1 amide bonds. The second-order valence-corrected chi connectivity index (χ2v) is 7.48. The molecule has 0 atom stereocenters. The first-order valence-electron chi connectivity index (χ1n) is 8.89. The van der Waals surface area contributed by atoms with E-state index in [0.29, 0.717) is 10.6 Å². The molecule has 0 radical (unpaired) electrons. The number of nitro benzene ring substituents is 1. The number of nitrogens with zero attached hydrogens (tertiary/aromatic N) is 2. The Morgan fingerprint density at radius 3 is 2.61 bits per heavy atom. The molecular weight excluding hydrogens is 382 g/mol. The highest BCUT2D eigenvalue weighted by Gasteiger charge is 2.19. The summed E-state index contributed by atoms with van der Waals surface area (Å²) in [4.78, 5) is 25.0. The number of aryl methyl sites for hydroxylation is 2. The molecule has 0 unspecified atom stereocenters. The Balaban J connectivity index is 1.77. The molecule has 0 aliphatic heterocycles. The summed E-state index contributed by atoms with van der Waals surface area (Å²) in [6, 6.07) is 4.63. The molecule has 1 heterocycles. The standard InChI is InChI=1S/C19H21N3O5S/c1-26-15-8-13(14(22(24)25)10-16(15)27-2)11-20-21-19(23)18-9-12-6-4-3-5-7-17(12)28-18/h8-11H,3-7H2,1-2H3,(H,21,23)/b20-11-. The summed E-state index contributed by atoms with van der Waals surface area (Å²) in [6.07, 6.45) is 6.75. The van der Waals surface area contributed by atoms with Crippen LogP contribution in [-0.2, 0) is 12.8 Å². The maximum Gasteiger partial charge on any atom is 0.282 e. The lowest BCUT2D eigenvalue weighted by Crippen LogP contribution is -2.16. The van der Waals surface area contributed by atoms with E-state index >= 15 is 0 Å². The molecule has 3 rings (SSSR count). The largest absolute Gasteiger partial charge is 0.493 e. The van der Waals surface area contributed by atoms with Gasteiger partial charge < -0.3 is 9.47 Å². The number of carbonyl (C=O) groups is 1. The molecule has 1 aromatic carbocycles. The summed E-state index contributed by atoms with van der Waals surface area (Å²) < 4.78 is 10.3. The van der Waals surface area contributed by atoms with Crippen LogP contribution in [0.4, 0.5) is 5.69 Å². The summed E-state index contributed by atoms with van der Waals surface area (Å²) >= 11 is 1.49. The zero-order chi connectivity index (χ0) is 20.1. The summed E-state index contributed by atoms with van der Waals surface area (Å²) in [5, 5.41) is 15.2. The predicted molar refractivity (Wildman–Crippen MR) is 107 cm³/mol. The van der Waals surface area contributed by atoms with E-state index in [4.69, 9.17) is 9.47 Å². The Morgan fingerprint density at radius 2 is 1.89 bits per heavy atom. The van der Waals surface area contributed by atoms with Crippen LogP contribution >= 0.6 is 11.3 Å². The molecule has 0 spiro atoms. The Morgan fingerprint density at radius 1 is 1.18 bits per heavy atom. The van der Waals surface area contributed by atoms with Crippen LogP contribution in [0.5, 0.6) is 11.5 Å². The van der Waals surface area contributed by atoms with Gasteiger partial charge in [-0.25, -0.2) is 5.43 Å². The van der Waals surface area contributed by atoms with Crippen LogP contribution in [0.25, 0.3) is 0 Å². The lowest BCUT2D eigenvalue weighted by atomic mass is 10.1. The van der Waals surface area contributed by atoms with Gasteiger partial charge in [0, 0.05) is 4.88 Å². The van der Waals surface area contributed by atoms with Gasteiger partial charge in [-0.15, -0.1) is 11.3 Å². The van der Waals surface area contributed by atoms with Crippen LogP contribution in [0.3, 0.4) is 0 Å². The zero-order valence-electron chi connectivity index (χ0n) is 15.7. The van der Waals surface area contributed by atoms with Gasteiger partial charge in [0.1, 0.15) is 0 Å². The number of thiophene rings is 1. The lowest BCUT2D eigenvalue weighted by molar-refractivity contribution is -0.385. The first-order valence-corrected chi connectivity index (χ1v) is 9.70. The van der Waals surface area contributed by atoms with Crippen molar-refractivity contribution in [2.45, 2.75) is 32.1 Å². The van der Waals surface area contributed by atoms with Crippen molar-refractivity contribution in [3.8, 4) is 11.5 Å². The van der Waals surface area contributed by atoms with Crippen LogP contribution in [-0.4, -0.2) is 31.3 Å². The molecule has 0 saturated heterocycles. The number of rotatable bonds is 6. The molecule has 0 bridgehead atoms. The van der Waals surface area contributed by atoms with E-state index in [1.165, 1.54) is 60.8 Å². The van der Waals surface area contributed by atoms with Crippen molar-refractivity contribution in [2.24, 2.45) is 5.10 Å². The van der Waals surface area contributed by atoms with E-state index < -0.39 is 4.92 Å². The lowest BCUT2D eigenvalue weighted by Gasteiger charge is -2.08. The Bertz CT molecular complexity index is 899. The number of benzene rings is 1. The van der Waals surface area contributed by atoms with Crippen LogP contribution in [0.1, 0.15) is 44.9 Å². The molecule has 0 fully saturated rings. The van der Waals surface area contributed by atoms with E-state index in [1.54, 1.807) is 0 Å². The maximum atomic E-state index is 12.4. The van der Waals surface area contributed by atoms with Crippen LogP contribution in [0, 0.1) is 10.1 Å². The van der Waals surface area contributed by atoms with Crippen LogP contribution in [0.2, 0.25) is 0 Å². The topological polar surface area (TPSA) is 103 Å². The van der Waals surface area contributed by atoms with Gasteiger partial charge in [-0.3, -0.25) is 14.9 Å². The fourth-order valence-corrected chi connectivity index (χ4v) is 4.28. The van der Waals surface area contributed by atoms with Crippen molar-refractivity contribution in [2.75, 3.05) is 14.2 Å². The zero-order valence-corrected chi connectivity index (χ0v) is 16.5. The van der Waals surface area contributed by atoms with Crippen molar-refractivity contribution in [1.82, 2.24) is 5.43 Å². The van der Waals surface area contributed by atoms with Crippen molar-refractivity contribution in [1.29, 1.82) is 0 Å². The quantitative estimate of drug-likeness (QED) is 0.343. The monoisotopic (exact) mass is 403 g/mol. The van der Waals surface area contributed by atoms with E-state index in [9.17, 15) is 14.9 Å².